The van der Waals surface area contributed by atoms with Gasteiger partial charge in [-0.25, -0.2) is 0 Å². The zero-order valence-electron chi connectivity index (χ0n) is 7.88. The van der Waals surface area contributed by atoms with Crippen LogP contribution in [0.25, 0.3) is 0 Å². The van der Waals surface area contributed by atoms with Crippen molar-refractivity contribution in [3.05, 3.63) is 18.2 Å². The van der Waals surface area contributed by atoms with Crippen molar-refractivity contribution in [2.75, 3.05) is 36.1 Å². The summed E-state index contributed by atoms with van der Waals surface area (Å²) in [4.78, 5) is 2.21. The van der Waals surface area contributed by atoms with Gasteiger partial charge >= 0.3 is 0 Å². The third-order valence-electron chi connectivity index (χ3n) is 2.43. The zero-order valence-corrected chi connectivity index (χ0v) is 7.88. The molecule has 1 aliphatic rings. The van der Waals surface area contributed by atoms with E-state index in [2.05, 4.69) is 23.3 Å². The number of benzene rings is 1. The maximum absolute atomic E-state index is 5.92. The van der Waals surface area contributed by atoms with E-state index >= 15 is 0 Å². The van der Waals surface area contributed by atoms with Crippen LogP contribution < -0.4 is 16.0 Å². The molecule has 3 heteroatoms. The predicted molar refractivity (Wildman–Crippen MR) is 57.2 cm³/mol. The first-order valence-corrected chi connectivity index (χ1v) is 4.62. The molecular formula is C10H15N3. The second-order valence-electron chi connectivity index (χ2n) is 3.45. The van der Waals surface area contributed by atoms with E-state index in [1.54, 1.807) is 0 Å². The quantitative estimate of drug-likeness (QED) is 0.590. The topological polar surface area (TPSA) is 41.3 Å². The van der Waals surface area contributed by atoms with Gasteiger partial charge in [0, 0.05) is 20.1 Å². The van der Waals surface area contributed by atoms with Crippen LogP contribution >= 0.6 is 0 Å². The Morgan fingerprint density at radius 1 is 1.46 bits per heavy atom. The molecule has 1 heterocycles. The number of hydrogen-bond acceptors (Lipinski definition) is 3. The van der Waals surface area contributed by atoms with Gasteiger partial charge in [-0.15, -0.1) is 0 Å². The van der Waals surface area contributed by atoms with Crippen molar-refractivity contribution in [1.82, 2.24) is 0 Å². The highest BCUT2D eigenvalue weighted by Crippen LogP contribution is 2.32. The van der Waals surface area contributed by atoms with Crippen molar-refractivity contribution < 1.29 is 0 Å². The zero-order chi connectivity index (χ0) is 9.26. The van der Waals surface area contributed by atoms with E-state index in [-0.39, 0.29) is 0 Å². The van der Waals surface area contributed by atoms with Crippen molar-refractivity contribution >= 4 is 17.1 Å². The summed E-state index contributed by atoms with van der Waals surface area (Å²) >= 11 is 0. The van der Waals surface area contributed by atoms with Gasteiger partial charge in [0.2, 0.25) is 0 Å². The Balaban J connectivity index is 2.48. The third-order valence-corrected chi connectivity index (χ3v) is 2.43. The molecule has 0 saturated heterocycles. The normalized spacial score (nSPS) is 15.9. The van der Waals surface area contributed by atoms with Gasteiger partial charge in [0.1, 0.15) is 0 Å². The van der Waals surface area contributed by atoms with Gasteiger partial charge in [0.05, 0.1) is 17.1 Å². The molecule has 3 nitrogen and oxygen atoms in total. The molecule has 0 radical (unpaired) electrons. The van der Waals surface area contributed by atoms with Crippen LogP contribution in [-0.4, -0.2) is 20.1 Å². The predicted octanol–water partition coefficient (Wildman–Crippen LogP) is 1.52. The molecule has 0 bridgehead atoms. The molecule has 1 aromatic rings. The van der Waals surface area contributed by atoms with Crippen molar-refractivity contribution in [2.24, 2.45) is 0 Å². The fourth-order valence-corrected chi connectivity index (χ4v) is 1.78. The van der Waals surface area contributed by atoms with E-state index in [0.29, 0.717) is 0 Å². The summed E-state index contributed by atoms with van der Waals surface area (Å²) in [5, 5.41) is 3.37. The molecule has 1 aliphatic heterocycles. The lowest BCUT2D eigenvalue weighted by Crippen LogP contribution is -2.18. The number of nitrogen functional groups attached to an aromatic ring is 1. The summed E-state index contributed by atoms with van der Waals surface area (Å²) in [7, 11) is 2.09. The first kappa shape index (κ1) is 8.23. The number of nitrogens with zero attached hydrogens (tertiary/aromatic N) is 1. The van der Waals surface area contributed by atoms with Crippen molar-refractivity contribution in [3.8, 4) is 0 Å². The van der Waals surface area contributed by atoms with Gasteiger partial charge in [-0.3, -0.25) is 0 Å². The molecule has 0 atom stereocenters. The first-order valence-electron chi connectivity index (χ1n) is 4.62. The monoisotopic (exact) mass is 177 g/mol. The van der Waals surface area contributed by atoms with Gasteiger partial charge in [0.15, 0.2) is 0 Å². The molecule has 0 aromatic heterocycles. The molecule has 2 rings (SSSR count). The van der Waals surface area contributed by atoms with Gasteiger partial charge < -0.3 is 16.0 Å². The Kier molecular flexibility index (Phi) is 2.00. The van der Waals surface area contributed by atoms with Crippen molar-refractivity contribution in [2.45, 2.75) is 6.42 Å². The van der Waals surface area contributed by atoms with Crippen LogP contribution in [0.4, 0.5) is 17.1 Å². The van der Waals surface area contributed by atoms with Crippen LogP contribution in [0.5, 0.6) is 0 Å². The van der Waals surface area contributed by atoms with E-state index in [1.807, 2.05) is 12.1 Å². The molecule has 3 N–H and O–H groups in total. The molecule has 1 aromatic carbocycles. The fraction of sp³-hybridized carbons (Fsp3) is 0.400. The molecule has 13 heavy (non-hydrogen) atoms. The first-order chi connectivity index (χ1) is 6.29. The summed E-state index contributed by atoms with van der Waals surface area (Å²) in [6.45, 7) is 2.09. The molecular weight excluding hydrogens is 162 g/mol. The molecule has 70 valence electrons. The van der Waals surface area contributed by atoms with E-state index in [1.165, 1.54) is 0 Å². The molecule has 0 spiro atoms. The highest BCUT2D eigenvalue weighted by Gasteiger charge is 2.13. The van der Waals surface area contributed by atoms with Gasteiger partial charge in [-0.05, 0) is 18.6 Å². The lowest BCUT2D eigenvalue weighted by molar-refractivity contribution is 0.838. The average molecular weight is 177 g/mol. The number of hydrogen-bond donors (Lipinski definition) is 2. The number of nitrogens with one attached hydrogen (secondary N) is 1. The molecule has 0 aliphatic carbocycles. The second-order valence-corrected chi connectivity index (χ2v) is 3.45. The van der Waals surface area contributed by atoms with Crippen LogP contribution in [0.2, 0.25) is 0 Å². The molecule has 0 unspecified atom stereocenters. The van der Waals surface area contributed by atoms with Gasteiger partial charge in [-0.1, -0.05) is 6.07 Å². The van der Waals surface area contributed by atoms with Crippen molar-refractivity contribution in [3.63, 3.8) is 0 Å². The number of fused-ring (bicyclic) bond motifs is 1. The summed E-state index contributed by atoms with van der Waals surface area (Å²) in [6.07, 6.45) is 1.16. The Morgan fingerprint density at radius 3 is 3.15 bits per heavy atom. The van der Waals surface area contributed by atoms with E-state index in [0.717, 1.165) is 36.6 Å². The van der Waals surface area contributed by atoms with Crippen LogP contribution in [0, 0.1) is 0 Å². The lowest BCUT2D eigenvalue weighted by atomic mass is 10.2. The highest BCUT2D eigenvalue weighted by molar-refractivity contribution is 5.82. The standard InChI is InChI=1S/C10H15N3/c1-13-7-3-6-12-9-5-2-4-8(11)10(9)13/h2,4-5,12H,3,6-7,11H2,1H3. The smallest absolute Gasteiger partial charge is 0.0832 e. The van der Waals surface area contributed by atoms with Crippen LogP contribution in [0.1, 0.15) is 6.42 Å². The molecule has 0 fully saturated rings. The van der Waals surface area contributed by atoms with Crippen LogP contribution in [0.3, 0.4) is 0 Å². The Labute approximate surface area is 78.5 Å². The van der Waals surface area contributed by atoms with Gasteiger partial charge in [0.25, 0.3) is 0 Å². The van der Waals surface area contributed by atoms with E-state index in [4.69, 9.17) is 5.73 Å². The van der Waals surface area contributed by atoms with Crippen LogP contribution in [-0.2, 0) is 0 Å². The maximum Gasteiger partial charge on any atom is 0.0832 e. The minimum absolute atomic E-state index is 0.856. The van der Waals surface area contributed by atoms with E-state index < -0.39 is 0 Å². The van der Waals surface area contributed by atoms with Crippen LogP contribution in [0.15, 0.2) is 18.2 Å². The molecule has 0 amide bonds. The average Bonchev–Trinajstić information content (AvgIpc) is 2.29. The number of anilines is 3. The summed E-state index contributed by atoms with van der Waals surface area (Å²) < 4.78 is 0. The second kappa shape index (κ2) is 3.17. The number of para-hydroxylation sites is 1. The molecule has 0 saturated carbocycles. The lowest BCUT2D eigenvalue weighted by Gasteiger charge is -2.20. The summed E-state index contributed by atoms with van der Waals surface area (Å²) in [6, 6.07) is 6.01. The Hall–Kier alpha value is -1.38. The number of rotatable bonds is 0. The summed E-state index contributed by atoms with van der Waals surface area (Å²) in [5.74, 6) is 0. The maximum atomic E-state index is 5.92. The summed E-state index contributed by atoms with van der Waals surface area (Å²) in [5.41, 5.74) is 9.07. The Bertz CT molecular complexity index is 309. The minimum Gasteiger partial charge on any atom is -0.397 e. The number of nitrogens with two attached hydrogens (primary N) is 1. The SMILES string of the molecule is CN1CCCNc2cccc(N)c21. The minimum atomic E-state index is 0.856. The highest BCUT2D eigenvalue weighted by atomic mass is 15.1. The van der Waals surface area contributed by atoms with Crippen molar-refractivity contribution in [1.29, 1.82) is 0 Å². The third kappa shape index (κ3) is 1.41. The Morgan fingerprint density at radius 2 is 2.31 bits per heavy atom. The van der Waals surface area contributed by atoms with E-state index in [9.17, 15) is 0 Å². The van der Waals surface area contributed by atoms with Gasteiger partial charge in [-0.2, -0.15) is 0 Å². The largest absolute Gasteiger partial charge is 0.397 e. The fourth-order valence-electron chi connectivity index (χ4n) is 1.78.